The van der Waals surface area contributed by atoms with Gasteiger partial charge in [-0.05, 0) is 35.4 Å². The molecule has 2 heterocycles. The maximum Gasteiger partial charge on any atom is 0.461 e. The summed E-state index contributed by atoms with van der Waals surface area (Å²) in [6.07, 6.45) is -8.70. The first-order valence-corrected chi connectivity index (χ1v) is 11.9. The van der Waals surface area contributed by atoms with Crippen LogP contribution in [0.3, 0.4) is 0 Å². The number of nitrogens with zero attached hydrogens (tertiary/aromatic N) is 2. The number of hydrogen-bond acceptors (Lipinski definition) is 3. The van der Waals surface area contributed by atoms with E-state index in [-0.39, 0.29) is 29.2 Å². The van der Waals surface area contributed by atoms with Crippen LogP contribution in [-0.4, -0.2) is 47.5 Å². The number of benzene rings is 2. The summed E-state index contributed by atoms with van der Waals surface area (Å²) in [4.78, 5) is 18.4. The predicted octanol–water partition coefficient (Wildman–Crippen LogP) is 6.65. The molecule has 1 aliphatic rings. The molecule has 13 heteroatoms. The van der Waals surface area contributed by atoms with Crippen LogP contribution in [0.2, 0.25) is 5.02 Å². The van der Waals surface area contributed by atoms with E-state index < -0.39 is 54.6 Å². The zero-order valence-electron chi connectivity index (χ0n) is 20.0. The summed E-state index contributed by atoms with van der Waals surface area (Å²) in [5.41, 5.74) is -1.51. The Bertz CT molecular complexity index is 1310. The minimum atomic E-state index is -4.95. The molecule has 5 nitrogen and oxygen atoms in total. The molecular weight excluding hydrogens is 555 g/mol. The van der Waals surface area contributed by atoms with Crippen molar-refractivity contribution in [2.75, 3.05) is 13.1 Å². The lowest BCUT2D eigenvalue weighted by molar-refractivity contribution is -0.253. The second-order valence-electron chi connectivity index (χ2n) is 9.03. The van der Waals surface area contributed by atoms with Crippen LogP contribution in [0, 0.1) is 5.82 Å². The molecule has 0 spiro atoms. The molecule has 1 unspecified atom stereocenters. The topological polar surface area (TPSA) is 54.5 Å². The molecule has 0 radical (unpaired) electrons. The number of alkyl halides is 6. The third-order valence-electron chi connectivity index (χ3n) is 6.13. The van der Waals surface area contributed by atoms with Crippen LogP contribution < -0.4 is 10.1 Å². The number of aromatic nitrogens is 1. The number of carbonyl (C=O) groups is 1. The summed E-state index contributed by atoms with van der Waals surface area (Å²) < 4.78 is 99.8. The fourth-order valence-electron chi connectivity index (χ4n) is 4.29. The first-order valence-electron chi connectivity index (χ1n) is 11.6. The molecule has 4 rings (SSSR count). The van der Waals surface area contributed by atoms with Crippen molar-refractivity contribution in [2.24, 2.45) is 0 Å². The van der Waals surface area contributed by atoms with Crippen molar-refractivity contribution >= 4 is 17.6 Å². The van der Waals surface area contributed by atoms with Crippen LogP contribution >= 0.6 is 11.6 Å². The van der Waals surface area contributed by atoms with Crippen molar-refractivity contribution in [3.05, 3.63) is 94.5 Å². The second-order valence-corrected chi connectivity index (χ2v) is 9.46. The zero-order chi connectivity index (χ0) is 28.4. The van der Waals surface area contributed by atoms with Gasteiger partial charge < -0.3 is 15.0 Å². The van der Waals surface area contributed by atoms with Crippen molar-refractivity contribution in [1.29, 1.82) is 0 Å². The van der Waals surface area contributed by atoms with E-state index in [1.807, 2.05) is 0 Å². The van der Waals surface area contributed by atoms with Gasteiger partial charge in [0.1, 0.15) is 17.1 Å². The Labute approximate surface area is 223 Å². The summed E-state index contributed by atoms with van der Waals surface area (Å²) in [6, 6.07) is 12.4. The van der Waals surface area contributed by atoms with E-state index in [9.17, 15) is 35.5 Å². The number of pyridine rings is 1. The van der Waals surface area contributed by atoms with E-state index in [2.05, 4.69) is 15.0 Å². The summed E-state index contributed by atoms with van der Waals surface area (Å²) >= 11 is 5.99. The van der Waals surface area contributed by atoms with Gasteiger partial charge in [0, 0.05) is 31.6 Å². The SMILES string of the molecule is O=C(NC(Cc1ccccc1)(c1cc(F)cc(OC(F)(F)C(F)F)c1)c1ccc(Cl)cn1)N1CCC(F)(F)C1. The van der Waals surface area contributed by atoms with E-state index in [1.54, 1.807) is 30.3 Å². The van der Waals surface area contributed by atoms with E-state index >= 15 is 0 Å². The van der Waals surface area contributed by atoms with Gasteiger partial charge in [0.2, 0.25) is 0 Å². The molecule has 1 aliphatic heterocycles. The van der Waals surface area contributed by atoms with Gasteiger partial charge in [0.05, 0.1) is 17.3 Å². The first kappa shape index (κ1) is 28.5. The molecule has 0 bridgehead atoms. The summed E-state index contributed by atoms with van der Waals surface area (Å²) in [5.74, 6) is -5.23. The number of hydrogen-bond donors (Lipinski definition) is 1. The Morgan fingerprint density at radius 1 is 1.13 bits per heavy atom. The molecule has 1 fully saturated rings. The van der Waals surface area contributed by atoms with Crippen LogP contribution in [0.15, 0.2) is 66.9 Å². The van der Waals surface area contributed by atoms with E-state index in [0.29, 0.717) is 11.6 Å². The number of rotatable bonds is 8. The summed E-state index contributed by atoms with van der Waals surface area (Å²) in [5, 5.41) is 2.83. The highest BCUT2D eigenvalue weighted by atomic mass is 35.5. The van der Waals surface area contributed by atoms with Crippen LogP contribution in [0.25, 0.3) is 0 Å². The second kappa shape index (κ2) is 10.9. The number of halogens is 8. The molecule has 208 valence electrons. The number of ether oxygens (including phenoxy) is 1. The predicted molar refractivity (Wildman–Crippen MR) is 128 cm³/mol. The van der Waals surface area contributed by atoms with Crippen molar-refractivity contribution in [1.82, 2.24) is 15.2 Å². The van der Waals surface area contributed by atoms with Crippen molar-refractivity contribution < 1.29 is 40.3 Å². The zero-order valence-corrected chi connectivity index (χ0v) is 20.7. The first-order chi connectivity index (χ1) is 18.3. The Balaban J connectivity index is 1.89. The van der Waals surface area contributed by atoms with Gasteiger partial charge in [-0.1, -0.05) is 41.9 Å². The van der Waals surface area contributed by atoms with Gasteiger partial charge in [0.25, 0.3) is 5.92 Å². The fraction of sp³-hybridized carbons (Fsp3) is 0.308. The number of urea groups is 1. The largest absolute Gasteiger partial charge is 0.461 e. The molecular formula is C26H21ClF7N3O2. The molecule has 2 amide bonds. The quantitative estimate of drug-likeness (QED) is 0.306. The van der Waals surface area contributed by atoms with E-state index in [4.69, 9.17) is 11.6 Å². The lowest BCUT2D eigenvalue weighted by Gasteiger charge is -2.37. The molecule has 2 aromatic carbocycles. The number of carbonyl (C=O) groups excluding carboxylic acids is 1. The van der Waals surface area contributed by atoms with Gasteiger partial charge in [-0.15, -0.1) is 0 Å². The lowest BCUT2D eigenvalue weighted by Crippen LogP contribution is -2.53. The molecule has 1 aromatic heterocycles. The Hall–Kier alpha value is -3.54. The molecule has 0 aliphatic carbocycles. The highest BCUT2D eigenvalue weighted by molar-refractivity contribution is 6.30. The van der Waals surface area contributed by atoms with Crippen LogP contribution in [0.1, 0.15) is 23.2 Å². The maximum absolute atomic E-state index is 14.8. The van der Waals surface area contributed by atoms with Gasteiger partial charge >= 0.3 is 18.6 Å². The Morgan fingerprint density at radius 3 is 2.44 bits per heavy atom. The van der Waals surface area contributed by atoms with Crippen molar-refractivity contribution in [3.8, 4) is 5.75 Å². The van der Waals surface area contributed by atoms with Crippen molar-refractivity contribution in [3.63, 3.8) is 0 Å². The monoisotopic (exact) mass is 575 g/mol. The average Bonchev–Trinajstić information content (AvgIpc) is 3.23. The maximum atomic E-state index is 14.8. The lowest BCUT2D eigenvalue weighted by atomic mass is 9.80. The normalized spacial score (nSPS) is 16.7. The smallest absolute Gasteiger partial charge is 0.428 e. The van der Waals surface area contributed by atoms with Crippen molar-refractivity contribution in [2.45, 2.75) is 36.8 Å². The van der Waals surface area contributed by atoms with Crippen LogP contribution in [-0.2, 0) is 12.0 Å². The standard InChI is InChI=1S/C26H21ClF7N3O2/c27-18-6-7-21(35-14-18)25(13-16-4-2-1-3-5-16,36-23(38)37-9-8-24(31,32)15-37)17-10-19(28)12-20(11-17)39-26(33,34)22(29)30/h1-7,10-12,14,22H,8-9,13,15H2,(H,36,38). The number of likely N-dealkylation sites (tertiary alicyclic amines) is 1. The average molecular weight is 576 g/mol. The van der Waals surface area contributed by atoms with Gasteiger partial charge in [0.15, 0.2) is 0 Å². The molecule has 1 atom stereocenters. The van der Waals surface area contributed by atoms with Gasteiger partial charge in [-0.25, -0.2) is 18.0 Å². The Kier molecular flexibility index (Phi) is 7.97. The summed E-state index contributed by atoms with van der Waals surface area (Å²) in [6.45, 7) is -1.17. The molecule has 39 heavy (non-hydrogen) atoms. The minimum Gasteiger partial charge on any atom is -0.428 e. The van der Waals surface area contributed by atoms with Crippen LogP contribution in [0.4, 0.5) is 35.5 Å². The fourth-order valence-corrected chi connectivity index (χ4v) is 4.40. The number of amides is 2. The Morgan fingerprint density at radius 2 is 1.85 bits per heavy atom. The number of nitrogens with one attached hydrogen (secondary N) is 1. The highest BCUT2D eigenvalue weighted by Gasteiger charge is 2.46. The van der Waals surface area contributed by atoms with E-state index in [1.165, 1.54) is 18.3 Å². The van der Waals surface area contributed by atoms with E-state index in [0.717, 1.165) is 17.0 Å². The molecule has 1 N–H and O–H groups in total. The third-order valence-corrected chi connectivity index (χ3v) is 6.35. The highest BCUT2D eigenvalue weighted by Crippen LogP contribution is 2.38. The van der Waals surface area contributed by atoms with Crippen LogP contribution in [0.5, 0.6) is 5.75 Å². The van der Waals surface area contributed by atoms with Gasteiger partial charge in [-0.2, -0.15) is 17.6 Å². The molecule has 3 aromatic rings. The minimum absolute atomic E-state index is 0.0345. The molecule has 1 saturated heterocycles. The summed E-state index contributed by atoms with van der Waals surface area (Å²) in [7, 11) is 0. The third kappa shape index (κ3) is 6.55. The van der Waals surface area contributed by atoms with Gasteiger partial charge in [-0.3, -0.25) is 4.98 Å². The molecule has 0 saturated carbocycles.